The number of hydrogen-bond acceptors (Lipinski definition) is 4. The van der Waals surface area contributed by atoms with Gasteiger partial charge < -0.3 is 24.6 Å². The van der Waals surface area contributed by atoms with Crippen molar-refractivity contribution in [3.05, 3.63) is 59.7 Å². The molecular formula is C24H33IN4O3. The molecule has 0 radical (unpaired) electrons. The Morgan fingerprint density at radius 1 is 1.09 bits per heavy atom. The monoisotopic (exact) mass is 552 g/mol. The van der Waals surface area contributed by atoms with Crippen molar-refractivity contribution in [3.8, 4) is 11.5 Å². The highest BCUT2D eigenvalue weighted by Gasteiger charge is 2.22. The van der Waals surface area contributed by atoms with Crippen LogP contribution in [0.4, 0.5) is 0 Å². The largest absolute Gasteiger partial charge is 0.497 e. The number of ether oxygens (including phenoxy) is 2. The van der Waals surface area contributed by atoms with E-state index in [2.05, 4.69) is 22.4 Å². The van der Waals surface area contributed by atoms with Crippen LogP contribution in [-0.4, -0.2) is 62.6 Å². The number of halogens is 1. The lowest BCUT2D eigenvalue weighted by Crippen LogP contribution is -2.41. The molecule has 2 aromatic rings. The molecule has 0 aliphatic carbocycles. The van der Waals surface area contributed by atoms with Gasteiger partial charge in [0.25, 0.3) is 0 Å². The third-order valence-corrected chi connectivity index (χ3v) is 5.37. The molecule has 174 valence electrons. The van der Waals surface area contributed by atoms with Crippen molar-refractivity contribution in [1.29, 1.82) is 0 Å². The lowest BCUT2D eigenvalue weighted by Gasteiger charge is -2.22. The number of likely N-dealkylation sites (N-methyl/N-ethyl adjacent to an activating group) is 1. The van der Waals surface area contributed by atoms with E-state index in [1.165, 1.54) is 11.1 Å². The summed E-state index contributed by atoms with van der Waals surface area (Å²) in [5.74, 6) is 2.61. The maximum atomic E-state index is 12.5. The summed E-state index contributed by atoms with van der Waals surface area (Å²) in [6.45, 7) is 3.37. The summed E-state index contributed by atoms with van der Waals surface area (Å²) in [6.07, 6.45) is 1.29. The molecule has 1 heterocycles. The molecule has 1 amide bonds. The molecule has 1 N–H and O–H groups in total. The second-order valence-corrected chi connectivity index (χ2v) is 7.54. The molecule has 0 saturated heterocycles. The van der Waals surface area contributed by atoms with E-state index < -0.39 is 0 Å². The van der Waals surface area contributed by atoms with Crippen LogP contribution >= 0.6 is 24.0 Å². The summed E-state index contributed by atoms with van der Waals surface area (Å²) < 4.78 is 10.9. The topological polar surface area (TPSA) is 66.4 Å². The minimum Gasteiger partial charge on any atom is -0.497 e. The first-order valence-electron chi connectivity index (χ1n) is 10.6. The van der Waals surface area contributed by atoms with Gasteiger partial charge in [-0.2, -0.15) is 0 Å². The summed E-state index contributed by atoms with van der Waals surface area (Å²) in [5.41, 5.74) is 2.51. The number of aliphatic imine (C=N–C) groups is 1. The van der Waals surface area contributed by atoms with Crippen molar-refractivity contribution in [2.24, 2.45) is 4.99 Å². The lowest BCUT2D eigenvalue weighted by molar-refractivity contribution is -0.131. The zero-order valence-corrected chi connectivity index (χ0v) is 21.4. The normalized spacial score (nSPS) is 12.6. The molecule has 0 saturated carbocycles. The standard InChI is InChI=1S/C24H32N4O3.HI/c1-25-24(27(2)15-16-31-22-12-10-21(30-3)11-13-22)26-14-6-9-23(29)28-17-19-7-4-5-8-20(19)18-28;/h4-5,7-8,10-13H,6,9,14-18H2,1-3H3,(H,25,26);1H. The van der Waals surface area contributed by atoms with Crippen LogP contribution in [0, 0.1) is 0 Å². The van der Waals surface area contributed by atoms with Crippen molar-refractivity contribution in [2.45, 2.75) is 25.9 Å². The predicted octanol–water partition coefficient (Wildman–Crippen LogP) is 3.52. The van der Waals surface area contributed by atoms with Crippen molar-refractivity contribution in [2.75, 3.05) is 40.9 Å². The Kier molecular flexibility index (Phi) is 10.6. The van der Waals surface area contributed by atoms with Crippen molar-refractivity contribution < 1.29 is 14.3 Å². The molecule has 7 nitrogen and oxygen atoms in total. The van der Waals surface area contributed by atoms with Crippen molar-refractivity contribution >= 4 is 35.8 Å². The van der Waals surface area contributed by atoms with Gasteiger partial charge in [0.05, 0.1) is 13.7 Å². The number of nitrogens with zero attached hydrogens (tertiary/aromatic N) is 3. The van der Waals surface area contributed by atoms with Crippen LogP contribution in [0.25, 0.3) is 0 Å². The fraction of sp³-hybridized carbons (Fsp3) is 0.417. The van der Waals surface area contributed by atoms with Crippen LogP contribution in [-0.2, 0) is 17.9 Å². The summed E-state index contributed by atoms with van der Waals surface area (Å²) >= 11 is 0. The van der Waals surface area contributed by atoms with Crippen LogP contribution in [0.15, 0.2) is 53.5 Å². The number of nitrogens with one attached hydrogen (secondary N) is 1. The third-order valence-electron chi connectivity index (χ3n) is 5.37. The van der Waals surface area contributed by atoms with E-state index in [-0.39, 0.29) is 29.9 Å². The Labute approximate surface area is 207 Å². The second-order valence-electron chi connectivity index (χ2n) is 7.54. The molecule has 1 aliphatic heterocycles. The molecule has 0 aromatic heterocycles. The summed E-state index contributed by atoms with van der Waals surface area (Å²) in [6, 6.07) is 15.8. The molecular weight excluding hydrogens is 519 g/mol. The fourth-order valence-electron chi connectivity index (χ4n) is 3.57. The maximum absolute atomic E-state index is 12.5. The average Bonchev–Trinajstić information content (AvgIpc) is 3.24. The predicted molar refractivity (Wildman–Crippen MR) is 138 cm³/mol. The molecule has 0 unspecified atom stereocenters. The third kappa shape index (κ3) is 7.29. The molecule has 0 bridgehead atoms. The Balaban J connectivity index is 0.00000363. The summed E-state index contributed by atoms with van der Waals surface area (Å²) in [4.78, 5) is 20.8. The number of carbonyl (C=O) groups excluding carboxylic acids is 1. The van der Waals surface area contributed by atoms with Crippen LogP contribution < -0.4 is 14.8 Å². The van der Waals surface area contributed by atoms with Gasteiger partial charge in [-0.15, -0.1) is 24.0 Å². The van der Waals surface area contributed by atoms with Gasteiger partial charge in [-0.1, -0.05) is 24.3 Å². The van der Waals surface area contributed by atoms with Crippen LogP contribution in [0.5, 0.6) is 11.5 Å². The van der Waals surface area contributed by atoms with E-state index in [0.29, 0.717) is 26.1 Å². The van der Waals surface area contributed by atoms with Crippen LogP contribution in [0.1, 0.15) is 24.0 Å². The molecule has 0 atom stereocenters. The average molecular weight is 552 g/mol. The first-order chi connectivity index (χ1) is 15.1. The number of fused-ring (bicyclic) bond motifs is 1. The first kappa shape index (κ1) is 25.8. The highest BCUT2D eigenvalue weighted by Crippen LogP contribution is 2.22. The summed E-state index contributed by atoms with van der Waals surface area (Å²) in [7, 11) is 5.37. The van der Waals surface area contributed by atoms with E-state index in [1.807, 2.05) is 53.2 Å². The molecule has 32 heavy (non-hydrogen) atoms. The highest BCUT2D eigenvalue weighted by atomic mass is 127. The molecule has 8 heteroatoms. The molecule has 0 fully saturated rings. The first-order valence-corrected chi connectivity index (χ1v) is 10.6. The Bertz CT molecular complexity index is 864. The molecule has 3 rings (SSSR count). The zero-order chi connectivity index (χ0) is 22.1. The number of carbonyl (C=O) groups is 1. The summed E-state index contributed by atoms with van der Waals surface area (Å²) in [5, 5.41) is 3.33. The lowest BCUT2D eigenvalue weighted by atomic mass is 10.1. The van der Waals surface area contributed by atoms with E-state index >= 15 is 0 Å². The molecule has 1 aliphatic rings. The van der Waals surface area contributed by atoms with Gasteiger partial charge in [-0.05, 0) is 41.8 Å². The molecule has 2 aromatic carbocycles. The minimum atomic E-state index is 0. The SMILES string of the molecule is CN=C(NCCCC(=O)N1Cc2ccccc2C1)N(C)CCOc1ccc(OC)cc1.I. The van der Waals surface area contributed by atoms with Gasteiger partial charge in [0.15, 0.2) is 5.96 Å². The number of methoxy groups -OCH3 is 1. The van der Waals surface area contributed by atoms with E-state index in [0.717, 1.165) is 37.0 Å². The number of amides is 1. The van der Waals surface area contributed by atoms with Gasteiger partial charge in [0, 0.05) is 40.2 Å². The van der Waals surface area contributed by atoms with Crippen molar-refractivity contribution in [3.63, 3.8) is 0 Å². The number of rotatable bonds is 9. The second kappa shape index (κ2) is 13.1. The van der Waals surface area contributed by atoms with Gasteiger partial charge in [-0.3, -0.25) is 9.79 Å². The van der Waals surface area contributed by atoms with Crippen molar-refractivity contribution in [1.82, 2.24) is 15.1 Å². The number of guanidine groups is 1. The zero-order valence-electron chi connectivity index (χ0n) is 19.0. The van der Waals surface area contributed by atoms with Crippen LogP contribution in [0.2, 0.25) is 0 Å². The van der Waals surface area contributed by atoms with Crippen LogP contribution in [0.3, 0.4) is 0 Å². The van der Waals surface area contributed by atoms with Gasteiger partial charge in [0.1, 0.15) is 18.1 Å². The van der Waals surface area contributed by atoms with E-state index in [4.69, 9.17) is 9.47 Å². The van der Waals surface area contributed by atoms with Gasteiger partial charge in [0.2, 0.25) is 5.91 Å². The number of benzene rings is 2. The Hall–Kier alpha value is -2.49. The quantitative estimate of drug-likeness (QED) is 0.223. The van der Waals surface area contributed by atoms with E-state index in [9.17, 15) is 4.79 Å². The Morgan fingerprint density at radius 2 is 1.72 bits per heavy atom. The van der Waals surface area contributed by atoms with E-state index in [1.54, 1.807) is 14.2 Å². The van der Waals surface area contributed by atoms with Gasteiger partial charge >= 0.3 is 0 Å². The number of hydrogen-bond donors (Lipinski definition) is 1. The highest BCUT2D eigenvalue weighted by molar-refractivity contribution is 14.0. The fourth-order valence-corrected chi connectivity index (χ4v) is 3.57. The maximum Gasteiger partial charge on any atom is 0.223 e. The Morgan fingerprint density at radius 3 is 2.31 bits per heavy atom. The van der Waals surface area contributed by atoms with Gasteiger partial charge in [-0.25, -0.2) is 0 Å². The molecule has 0 spiro atoms. The minimum absolute atomic E-state index is 0. The smallest absolute Gasteiger partial charge is 0.223 e.